The van der Waals surface area contributed by atoms with Gasteiger partial charge >= 0.3 is 0 Å². The molecule has 1 aliphatic carbocycles. The lowest BCUT2D eigenvalue weighted by Gasteiger charge is -2.28. The summed E-state index contributed by atoms with van der Waals surface area (Å²) in [7, 11) is 1.49. The Labute approximate surface area is 107 Å². The molecule has 0 radical (unpaired) electrons. The van der Waals surface area contributed by atoms with Crippen LogP contribution in [0.3, 0.4) is 0 Å². The van der Waals surface area contributed by atoms with E-state index in [4.69, 9.17) is 15.7 Å². The molecule has 0 aromatic heterocycles. The Morgan fingerprint density at radius 3 is 2.61 bits per heavy atom. The zero-order chi connectivity index (χ0) is 13.2. The maximum absolute atomic E-state index is 9.83. The first-order valence-corrected chi connectivity index (χ1v) is 6.18. The van der Waals surface area contributed by atoms with Crippen LogP contribution >= 0.6 is 0 Å². The molecule has 0 bridgehead atoms. The van der Waals surface area contributed by atoms with Crippen molar-refractivity contribution in [1.82, 2.24) is 0 Å². The molecule has 2 rings (SSSR count). The smallest absolute Gasteiger partial charge is 0.175 e. The molecule has 0 spiro atoms. The zero-order valence-electron chi connectivity index (χ0n) is 10.6. The Morgan fingerprint density at radius 2 is 2.11 bits per heavy atom. The molecule has 18 heavy (non-hydrogen) atoms. The molecule has 0 amide bonds. The fraction of sp³-hybridized carbons (Fsp3) is 0.500. The normalized spacial score (nSPS) is 17.4. The van der Waals surface area contributed by atoms with Crippen molar-refractivity contribution in [3.63, 3.8) is 0 Å². The van der Waals surface area contributed by atoms with Gasteiger partial charge in [-0.25, -0.2) is 0 Å². The molecule has 4 nitrogen and oxygen atoms in total. The molecule has 1 saturated carbocycles. The SMILES string of the molecule is COc1cc(C2(CN)CCCC2)cc(C#N)c1O. The average molecular weight is 246 g/mol. The van der Waals surface area contributed by atoms with E-state index < -0.39 is 0 Å². The van der Waals surface area contributed by atoms with Gasteiger partial charge < -0.3 is 15.6 Å². The largest absolute Gasteiger partial charge is 0.503 e. The summed E-state index contributed by atoms with van der Waals surface area (Å²) in [6.07, 6.45) is 4.37. The summed E-state index contributed by atoms with van der Waals surface area (Å²) in [5.74, 6) is 0.262. The first-order valence-electron chi connectivity index (χ1n) is 6.18. The fourth-order valence-corrected chi connectivity index (χ4v) is 2.82. The van der Waals surface area contributed by atoms with Crippen LogP contribution in [-0.2, 0) is 5.41 Å². The molecule has 1 aromatic carbocycles. The molecule has 0 heterocycles. The maximum Gasteiger partial charge on any atom is 0.175 e. The monoisotopic (exact) mass is 246 g/mol. The number of nitrogens with zero attached hydrogens (tertiary/aromatic N) is 1. The lowest BCUT2D eigenvalue weighted by molar-refractivity contribution is 0.368. The highest BCUT2D eigenvalue weighted by molar-refractivity contribution is 5.55. The molecule has 0 unspecified atom stereocenters. The van der Waals surface area contributed by atoms with Gasteiger partial charge in [-0.15, -0.1) is 0 Å². The lowest BCUT2D eigenvalue weighted by Crippen LogP contribution is -2.32. The number of phenols is 1. The number of ether oxygens (including phenoxy) is 1. The molecule has 0 atom stereocenters. The topological polar surface area (TPSA) is 79.3 Å². The van der Waals surface area contributed by atoms with Crippen LogP contribution in [0.5, 0.6) is 11.5 Å². The van der Waals surface area contributed by atoms with E-state index in [0.29, 0.717) is 12.3 Å². The quantitative estimate of drug-likeness (QED) is 0.855. The molecule has 1 aliphatic rings. The van der Waals surface area contributed by atoms with Crippen LogP contribution in [0, 0.1) is 11.3 Å². The maximum atomic E-state index is 9.83. The van der Waals surface area contributed by atoms with Crippen molar-refractivity contribution in [2.45, 2.75) is 31.1 Å². The van der Waals surface area contributed by atoms with E-state index in [1.165, 1.54) is 7.11 Å². The summed E-state index contributed by atoms with van der Waals surface area (Å²) in [5.41, 5.74) is 7.13. The van der Waals surface area contributed by atoms with Crippen molar-refractivity contribution in [3.05, 3.63) is 23.3 Å². The molecule has 1 fully saturated rings. The summed E-state index contributed by atoms with van der Waals surface area (Å²) in [4.78, 5) is 0. The Bertz CT molecular complexity index is 485. The van der Waals surface area contributed by atoms with E-state index in [9.17, 15) is 5.11 Å². The molecule has 0 aliphatic heterocycles. The number of methoxy groups -OCH3 is 1. The van der Waals surface area contributed by atoms with Crippen LogP contribution in [0.4, 0.5) is 0 Å². The standard InChI is InChI=1S/C14H18N2O2/c1-18-12-7-11(6-10(8-15)13(12)17)14(9-16)4-2-3-5-14/h6-7,17H,2-5,9,16H2,1H3. The van der Waals surface area contributed by atoms with Gasteiger partial charge in [0.25, 0.3) is 0 Å². The molecular formula is C14H18N2O2. The highest BCUT2D eigenvalue weighted by Crippen LogP contribution is 2.43. The minimum atomic E-state index is -0.0890. The first kappa shape index (κ1) is 12.7. The van der Waals surface area contributed by atoms with Gasteiger partial charge in [0.05, 0.1) is 12.7 Å². The summed E-state index contributed by atoms with van der Waals surface area (Å²) >= 11 is 0. The van der Waals surface area contributed by atoms with E-state index in [-0.39, 0.29) is 16.7 Å². The molecule has 4 heteroatoms. The number of phenolic OH excluding ortho intramolecular Hbond substituents is 1. The predicted octanol–water partition coefficient (Wildman–Crippen LogP) is 2.04. The number of rotatable bonds is 3. The summed E-state index contributed by atoms with van der Waals surface area (Å²) in [6.45, 7) is 0.561. The summed E-state index contributed by atoms with van der Waals surface area (Å²) in [5, 5.41) is 18.9. The summed E-state index contributed by atoms with van der Waals surface area (Å²) in [6, 6.07) is 5.56. The van der Waals surface area contributed by atoms with Crippen molar-refractivity contribution in [3.8, 4) is 17.6 Å². The molecule has 1 aromatic rings. The second-order valence-corrected chi connectivity index (χ2v) is 4.88. The second-order valence-electron chi connectivity index (χ2n) is 4.88. The van der Waals surface area contributed by atoms with Crippen LogP contribution < -0.4 is 10.5 Å². The fourth-order valence-electron chi connectivity index (χ4n) is 2.82. The third-order valence-corrected chi connectivity index (χ3v) is 3.98. The average Bonchev–Trinajstić information content (AvgIpc) is 2.89. The van der Waals surface area contributed by atoms with Gasteiger partial charge in [0.1, 0.15) is 6.07 Å². The number of benzene rings is 1. The summed E-state index contributed by atoms with van der Waals surface area (Å²) < 4.78 is 5.14. The number of nitriles is 1. The van der Waals surface area contributed by atoms with Gasteiger partial charge in [-0.1, -0.05) is 12.8 Å². The van der Waals surface area contributed by atoms with Gasteiger partial charge in [-0.05, 0) is 30.5 Å². The third-order valence-electron chi connectivity index (χ3n) is 3.98. The predicted molar refractivity (Wildman–Crippen MR) is 68.6 cm³/mol. The highest BCUT2D eigenvalue weighted by Gasteiger charge is 2.35. The van der Waals surface area contributed by atoms with E-state index >= 15 is 0 Å². The Balaban J connectivity index is 2.54. The number of nitrogens with two attached hydrogens (primary N) is 1. The van der Waals surface area contributed by atoms with Crippen LogP contribution in [0.15, 0.2) is 12.1 Å². The van der Waals surface area contributed by atoms with Crippen LogP contribution in [-0.4, -0.2) is 18.8 Å². The van der Waals surface area contributed by atoms with Crippen LogP contribution in [0.1, 0.15) is 36.8 Å². The molecule has 96 valence electrons. The lowest BCUT2D eigenvalue weighted by atomic mass is 9.78. The van der Waals surface area contributed by atoms with E-state index in [0.717, 1.165) is 31.2 Å². The van der Waals surface area contributed by atoms with Gasteiger partial charge in [0.15, 0.2) is 11.5 Å². The number of hydrogen-bond acceptors (Lipinski definition) is 4. The molecule has 3 N–H and O–H groups in total. The Kier molecular flexibility index (Phi) is 3.44. The molecular weight excluding hydrogens is 228 g/mol. The zero-order valence-corrected chi connectivity index (χ0v) is 10.6. The first-order chi connectivity index (χ1) is 8.66. The van der Waals surface area contributed by atoms with Crippen molar-refractivity contribution < 1.29 is 9.84 Å². The van der Waals surface area contributed by atoms with Gasteiger partial charge in [0, 0.05) is 12.0 Å². The molecule has 0 saturated heterocycles. The van der Waals surface area contributed by atoms with Crippen molar-refractivity contribution in [2.75, 3.05) is 13.7 Å². The highest BCUT2D eigenvalue weighted by atomic mass is 16.5. The number of hydrogen-bond donors (Lipinski definition) is 2. The third kappa shape index (κ3) is 1.91. The van der Waals surface area contributed by atoms with Gasteiger partial charge in [0.2, 0.25) is 0 Å². The van der Waals surface area contributed by atoms with Crippen molar-refractivity contribution in [1.29, 1.82) is 5.26 Å². The Morgan fingerprint density at radius 1 is 1.44 bits per heavy atom. The van der Waals surface area contributed by atoms with Gasteiger partial charge in [-0.2, -0.15) is 5.26 Å². The minimum Gasteiger partial charge on any atom is -0.503 e. The van der Waals surface area contributed by atoms with Crippen LogP contribution in [0.2, 0.25) is 0 Å². The van der Waals surface area contributed by atoms with Crippen molar-refractivity contribution >= 4 is 0 Å². The van der Waals surface area contributed by atoms with E-state index in [1.54, 1.807) is 6.07 Å². The number of aromatic hydroxyl groups is 1. The second kappa shape index (κ2) is 4.87. The minimum absolute atomic E-state index is 0.0629. The van der Waals surface area contributed by atoms with Crippen molar-refractivity contribution in [2.24, 2.45) is 5.73 Å². The van der Waals surface area contributed by atoms with Crippen LogP contribution in [0.25, 0.3) is 0 Å². The van der Waals surface area contributed by atoms with E-state index in [2.05, 4.69) is 0 Å². The van der Waals surface area contributed by atoms with E-state index in [1.807, 2.05) is 12.1 Å². The van der Waals surface area contributed by atoms with Gasteiger partial charge in [-0.3, -0.25) is 0 Å². The Hall–Kier alpha value is -1.73.